The highest BCUT2D eigenvalue weighted by molar-refractivity contribution is 5.73. The Morgan fingerprint density at radius 3 is 2.72 bits per heavy atom. The van der Waals surface area contributed by atoms with Crippen LogP contribution in [0, 0.1) is 11.8 Å². The van der Waals surface area contributed by atoms with Gasteiger partial charge in [-0.15, -0.1) is 0 Å². The predicted octanol–water partition coefficient (Wildman–Crippen LogP) is 1.46. The molecule has 0 amide bonds. The van der Waals surface area contributed by atoms with E-state index in [4.69, 9.17) is 9.47 Å². The molecule has 18 heavy (non-hydrogen) atoms. The summed E-state index contributed by atoms with van der Waals surface area (Å²) in [4.78, 5) is 11.7. The van der Waals surface area contributed by atoms with Crippen molar-refractivity contribution in [1.82, 2.24) is 5.32 Å². The SMILES string of the molecule is C[C@@H]1CNC[C@H]1C(=O)OCCOc1ccccc1. The number of esters is 1. The normalized spacial score (nSPS) is 22.7. The lowest BCUT2D eigenvalue weighted by Crippen LogP contribution is -2.25. The zero-order valence-electron chi connectivity index (χ0n) is 10.6. The summed E-state index contributed by atoms with van der Waals surface area (Å²) >= 11 is 0. The van der Waals surface area contributed by atoms with Crippen LogP contribution in [0.1, 0.15) is 6.92 Å². The van der Waals surface area contributed by atoms with Gasteiger partial charge >= 0.3 is 5.97 Å². The number of nitrogens with one attached hydrogen (secondary N) is 1. The third kappa shape index (κ3) is 3.47. The molecular weight excluding hydrogens is 230 g/mol. The van der Waals surface area contributed by atoms with Crippen LogP contribution in [0.4, 0.5) is 0 Å². The minimum atomic E-state index is -0.121. The molecule has 1 saturated heterocycles. The van der Waals surface area contributed by atoms with Crippen LogP contribution in [0.2, 0.25) is 0 Å². The minimum Gasteiger partial charge on any atom is -0.490 e. The fraction of sp³-hybridized carbons (Fsp3) is 0.500. The molecule has 0 radical (unpaired) electrons. The number of hydrogen-bond acceptors (Lipinski definition) is 4. The number of para-hydroxylation sites is 1. The van der Waals surface area contributed by atoms with Gasteiger partial charge in [0.15, 0.2) is 0 Å². The van der Waals surface area contributed by atoms with E-state index in [1.807, 2.05) is 30.3 Å². The highest BCUT2D eigenvalue weighted by Gasteiger charge is 2.30. The zero-order valence-corrected chi connectivity index (χ0v) is 10.6. The quantitative estimate of drug-likeness (QED) is 0.634. The Morgan fingerprint density at radius 2 is 2.06 bits per heavy atom. The van der Waals surface area contributed by atoms with E-state index in [0.717, 1.165) is 18.8 Å². The van der Waals surface area contributed by atoms with Crippen LogP contribution < -0.4 is 10.1 Å². The van der Waals surface area contributed by atoms with E-state index < -0.39 is 0 Å². The van der Waals surface area contributed by atoms with E-state index in [2.05, 4.69) is 12.2 Å². The van der Waals surface area contributed by atoms with Crippen LogP contribution in [-0.2, 0) is 9.53 Å². The third-order valence-corrected chi connectivity index (χ3v) is 3.16. The Kier molecular flexibility index (Phi) is 4.59. The van der Waals surface area contributed by atoms with Gasteiger partial charge in [-0.2, -0.15) is 0 Å². The molecule has 1 aliphatic heterocycles. The van der Waals surface area contributed by atoms with E-state index >= 15 is 0 Å². The summed E-state index contributed by atoms with van der Waals surface area (Å²) in [5.74, 6) is 1.02. The smallest absolute Gasteiger partial charge is 0.310 e. The highest BCUT2D eigenvalue weighted by Crippen LogP contribution is 2.17. The zero-order chi connectivity index (χ0) is 12.8. The van der Waals surface area contributed by atoms with Gasteiger partial charge in [-0.3, -0.25) is 4.79 Å². The number of benzene rings is 1. The molecule has 0 bridgehead atoms. The van der Waals surface area contributed by atoms with Crippen molar-refractivity contribution in [2.24, 2.45) is 11.8 Å². The average Bonchev–Trinajstić information content (AvgIpc) is 2.82. The van der Waals surface area contributed by atoms with Crippen molar-refractivity contribution in [3.63, 3.8) is 0 Å². The fourth-order valence-corrected chi connectivity index (χ4v) is 2.05. The van der Waals surface area contributed by atoms with Crippen molar-refractivity contribution < 1.29 is 14.3 Å². The van der Waals surface area contributed by atoms with Gasteiger partial charge in [0.2, 0.25) is 0 Å². The molecule has 0 unspecified atom stereocenters. The molecule has 1 heterocycles. The summed E-state index contributed by atoms with van der Waals surface area (Å²) in [5, 5.41) is 3.19. The first-order chi connectivity index (χ1) is 8.77. The van der Waals surface area contributed by atoms with Gasteiger partial charge < -0.3 is 14.8 Å². The lowest BCUT2D eigenvalue weighted by Gasteiger charge is -2.13. The summed E-state index contributed by atoms with van der Waals surface area (Å²) in [6.45, 7) is 4.37. The predicted molar refractivity (Wildman–Crippen MR) is 68.4 cm³/mol. The molecule has 4 heteroatoms. The summed E-state index contributed by atoms with van der Waals surface area (Å²) in [6.07, 6.45) is 0. The standard InChI is InChI=1S/C14H19NO3/c1-11-9-15-10-13(11)14(16)18-8-7-17-12-5-3-2-4-6-12/h2-6,11,13,15H,7-10H2,1H3/t11-,13-/m1/s1. The average molecular weight is 249 g/mol. The summed E-state index contributed by atoms with van der Waals surface area (Å²) in [5.41, 5.74) is 0. The summed E-state index contributed by atoms with van der Waals surface area (Å²) in [7, 11) is 0. The highest BCUT2D eigenvalue weighted by atomic mass is 16.6. The van der Waals surface area contributed by atoms with Gasteiger partial charge in [0.05, 0.1) is 5.92 Å². The molecule has 2 rings (SSSR count). The summed E-state index contributed by atoms with van der Waals surface area (Å²) < 4.78 is 10.7. The van der Waals surface area contributed by atoms with Crippen LogP contribution in [-0.4, -0.2) is 32.3 Å². The molecule has 4 nitrogen and oxygen atoms in total. The second-order valence-electron chi connectivity index (χ2n) is 4.57. The van der Waals surface area contributed by atoms with Crippen molar-refractivity contribution in [2.45, 2.75) is 6.92 Å². The van der Waals surface area contributed by atoms with Gasteiger partial charge in [0.1, 0.15) is 19.0 Å². The van der Waals surface area contributed by atoms with Crippen LogP contribution >= 0.6 is 0 Å². The fourth-order valence-electron chi connectivity index (χ4n) is 2.05. The van der Waals surface area contributed by atoms with Gasteiger partial charge in [0, 0.05) is 6.54 Å². The molecule has 1 aromatic carbocycles. The maximum absolute atomic E-state index is 11.7. The van der Waals surface area contributed by atoms with Crippen molar-refractivity contribution >= 4 is 5.97 Å². The Labute approximate surface area is 107 Å². The van der Waals surface area contributed by atoms with E-state index in [0.29, 0.717) is 19.1 Å². The lowest BCUT2D eigenvalue weighted by molar-refractivity contribution is -0.149. The molecule has 98 valence electrons. The molecule has 0 aliphatic carbocycles. The van der Waals surface area contributed by atoms with Gasteiger partial charge in [-0.05, 0) is 24.6 Å². The van der Waals surface area contributed by atoms with Crippen LogP contribution in [0.3, 0.4) is 0 Å². The number of rotatable bonds is 5. The van der Waals surface area contributed by atoms with Gasteiger partial charge in [-0.25, -0.2) is 0 Å². The largest absolute Gasteiger partial charge is 0.490 e. The first-order valence-corrected chi connectivity index (χ1v) is 6.32. The maximum atomic E-state index is 11.7. The van der Waals surface area contributed by atoms with Crippen LogP contribution in [0.15, 0.2) is 30.3 Å². The lowest BCUT2D eigenvalue weighted by atomic mass is 9.99. The number of carbonyl (C=O) groups excluding carboxylic acids is 1. The third-order valence-electron chi connectivity index (χ3n) is 3.16. The van der Waals surface area contributed by atoms with Crippen LogP contribution in [0.25, 0.3) is 0 Å². The first-order valence-electron chi connectivity index (χ1n) is 6.32. The molecule has 1 aromatic rings. The van der Waals surface area contributed by atoms with E-state index in [1.165, 1.54) is 0 Å². The monoisotopic (exact) mass is 249 g/mol. The molecule has 1 fully saturated rings. The van der Waals surface area contributed by atoms with E-state index in [1.54, 1.807) is 0 Å². The number of ether oxygens (including phenoxy) is 2. The first kappa shape index (κ1) is 12.9. The maximum Gasteiger partial charge on any atom is 0.310 e. The Hall–Kier alpha value is -1.55. The van der Waals surface area contributed by atoms with Crippen molar-refractivity contribution in [1.29, 1.82) is 0 Å². The molecule has 2 atom stereocenters. The minimum absolute atomic E-state index is 0.0123. The molecule has 0 saturated carbocycles. The van der Waals surface area contributed by atoms with E-state index in [9.17, 15) is 4.79 Å². The van der Waals surface area contributed by atoms with Crippen molar-refractivity contribution in [2.75, 3.05) is 26.3 Å². The second-order valence-corrected chi connectivity index (χ2v) is 4.57. The van der Waals surface area contributed by atoms with Crippen molar-refractivity contribution in [3.8, 4) is 5.75 Å². The van der Waals surface area contributed by atoms with Crippen LogP contribution in [0.5, 0.6) is 5.75 Å². The van der Waals surface area contributed by atoms with E-state index in [-0.39, 0.29) is 11.9 Å². The molecule has 1 aliphatic rings. The molecular formula is C14H19NO3. The molecule has 0 aromatic heterocycles. The Balaban J connectivity index is 1.65. The molecule has 0 spiro atoms. The molecule has 1 N–H and O–H groups in total. The Bertz CT molecular complexity index is 380. The topological polar surface area (TPSA) is 47.6 Å². The Morgan fingerprint density at radius 1 is 1.28 bits per heavy atom. The van der Waals surface area contributed by atoms with Gasteiger partial charge in [0.25, 0.3) is 0 Å². The van der Waals surface area contributed by atoms with Crippen molar-refractivity contribution in [3.05, 3.63) is 30.3 Å². The summed E-state index contributed by atoms with van der Waals surface area (Å²) in [6, 6.07) is 9.51. The second kappa shape index (κ2) is 6.40. The number of hydrogen-bond donors (Lipinski definition) is 1. The number of carbonyl (C=O) groups is 1. The van der Waals surface area contributed by atoms with Gasteiger partial charge in [-0.1, -0.05) is 25.1 Å².